The van der Waals surface area contributed by atoms with E-state index in [4.69, 9.17) is 9.47 Å². The number of alkyl carbamates (subject to hydrolysis) is 1. The summed E-state index contributed by atoms with van der Waals surface area (Å²) in [7, 11) is -4.15. The highest BCUT2D eigenvalue weighted by atomic mass is 32.2. The van der Waals surface area contributed by atoms with Gasteiger partial charge in [0.1, 0.15) is 24.1 Å². The predicted octanol–water partition coefficient (Wildman–Crippen LogP) is 6.51. The van der Waals surface area contributed by atoms with Crippen molar-refractivity contribution in [3.05, 3.63) is 119 Å². The Kier molecular flexibility index (Phi) is 8.35. The minimum atomic E-state index is -4.15. The lowest BCUT2D eigenvalue weighted by atomic mass is 9.98. The number of hydrogen-bond donors (Lipinski definition) is 1. The summed E-state index contributed by atoms with van der Waals surface area (Å²) in [5.41, 5.74) is 4.42. The highest BCUT2D eigenvalue weighted by Gasteiger charge is 2.32. The zero-order valence-electron chi connectivity index (χ0n) is 26.4. The van der Waals surface area contributed by atoms with Crippen molar-refractivity contribution in [3.8, 4) is 11.1 Å². The van der Waals surface area contributed by atoms with Crippen molar-refractivity contribution in [2.75, 3.05) is 6.61 Å². The number of pyridine rings is 1. The minimum absolute atomic E-state index is 0.0122. The molecule has 0 fully saturated rings. The van der Waals surface area contributed by atoms with Crippen LogP contribution in [0.1, 0.15) is 48.9 Å². The van der Waals surface area contributed by atoms with Crippen LogP contribution >= 0.6 is 0 Å². The summed E-state index contributed by atoms with van der Waals surface area (Å²) in [5, 5.41) is 2.79. The normalized spacial score (nSPS) is 13.6. The fourth-order valence-electron chi connectivity index (χ4n) is 5.85. The van der Waals surface area contributed by atoms with Crippen molar-refractivity contribution >= 4 is 33.1 Å². The summed E-state index contributed by atoms with van der Waals surface area (Å²) in [4.78, 5) is 30.8. The molecule has 1 aliphatic rings. The van der Waals surface area contributed by atoms with E-state index in [1.54, 1.807) is 32.9 Å². The van der Waals surface area contributed by atoms with Crippen LogP contribution in [0, 0.1) is 12.7 Å². The molecule has 0 spiro atoms. The van der Waals surface area contributed by atoms with Gasteiger partial charge < -0.3 is 14.8 Å². The van der Waals surface area contributed by atoms with Crippen LogP contribution < -0.4 is 5.32 Å². The maximum Gasteiger partial charge on any atom is 0.407 e. The van der Waals surface area contributed by atoms with Gasteiger partial charge >= 0.3 is 12.1 Å². The van der Waals surface area contributed by atoms with Crippen LogP contribution in [0.4, 0.5) is 9.18 Å². The van der Waals surface area contributed by atoms with Crippen LogP contribution in [0.5, 0.6) is 0 Å². The summed E-state index contributed by atoms with van der Waals surface area (Å²) in [5.74, 6) is -1.66. The molecular weight excluding hydrogens is 621 g/mol. The van der Waals surface area contributed by atoms with Gasteiger partial charge in [0.15, 0.2) is 5.65 Å². The van der Waals surface area contributed by atoms with Crippen LogP contribution in [0.15, 0.2) is 96.2 Å². The first kappa shape index (κ1) is 31.9. The molecule has 47 heavy (non-hydrogen) atoms. The molecule has 0 saturated heterocycles. The first-order valence-corrected chi connectivity index (χ1v) is 16.6. The molecule has 0 unspecified atom stereocenters. The second kappa shape index (κ2) is 12.3. The number of halogens is 1. The summed E-state index contributed by atoms with van der Waals surface area (Å²) >= 11 is 0. The Morgan fingerprint density at radius 2 is 1.60 bits per heavy atom. The number of esters is 1. The topological polar surface area (TPSA) is 117 Å². The summed E-state index contributed by atoms with van der Waals surface area (Å²) in [6.45, 7) is 6.92. The van der Waals surface area contributed by atoms with E-state index in [1.807, 2.05) is 55.5 Å². The van der Waals surface area contributed by atoms with Gasteiger partial charge in [-0.25, -0.2) is 31.4 Å². The molecule has 0 bridgehead atoms. The molecule has 0 saturated carbocycles. The highest BCUT2D eigenvalue weighted by molar-refractivity contribution is 7.90. The monoisotopic (exact) mass is 655 g/mol. The van der Waals surface area contributed by atoms with Gasteiger partial charge in [-0.3, -0.25) is 0 Å². The summed E-state index contributed by atoms with van der Waals surface area (Å²) in [6.07, 6.45) is 1.14. The molecule has 1 amide bonds. The number of carbonyl (C=O) groups excluding carboxylic acids is 2. The Morgan fingerprint density at radius 1 is 0.979 bits per heavy atom. The molecule has 2 aromatic heterocycles. The fraction of sp³-hybridized carbons (Fsp3) is 0.250. The van der Waals surface area contributed by atoms with Gasteiger partial charge in [-0.1, -0.05) is 66.2 Å². The number of aryl methyl sites for hydroxylation is 1. The zero-order valence-corrected chi connectivity index (χ0v) is 27.2. The second-order valence-corrected chi connectivity index (χ2v) is 14.4. The number of fused-ring (bicyclic) bond motifs is 4. The zero-order chi connectivity index (χ0) is 33.5. The number of amides is 1. The Balaban J connectivity index is 1.29. The number of rotatable bonds is 8. The fourth-order valence-corrected chi connectivity index (χ4v) is 7.20. The number of nitrogens with one attached hydrogen (secondary N) is 1. The molecule has 11 heteroatoms. The van der Waals surface area contributed by atoms with Gasteiger partial charge in [0.2, 0.25) is 0 Å². The van der Waals surface area contributed by atoms with Crippen LogP contribution in [0.25, 0.3) is 22.2 Å². The first-order valence-electron chi connectivity index (χ1n) is 15.1. The third-order valence-corrected chi connectivity index (χ3v) is 9.65. The van der Waals surface area contributed by atoms with Crippen molar-refractivity contribution in [2.45, 2.75) is 56.6 Å². The maximum absolute atomic E-state index is 14.5. The molecule has 242 valence electrons. The number of carbonyl (C=O) groups is 2. The minimum Gasteiger partial charge on any atom is -0.458 e. The van der Waals surface area contributed by atoms with Crippen LogP contribution in [-0.4, -0.2) is 47.7 Å². The van der Waals surface area contributed by atoms with E-state index >= 15 is 0 Å². The summed E-state index contributed by atoms with van der Waals surface area (Å²) in [6, 6.07) is 22.0. The standard InChI is InChI=1S/C36H34FN3O6S/c1-22-13-15-25(16-14-22)47(43,44)40-20-23(30-18-24(37)19-38-33(30)40)17-32(34(41)46-36(2,3)4)39-35(42)45-21-31-28-11-7-5-9-26(28)27-10-6-8-12-29(27)31/h5-16,18-20,31-32H,17,21H2,1-4H3,(H,39,42)/t32-/m0/s1. The maximum atomic E-state index is 14.5. The Bertz CT molecular complexity index is 2060. The Morgan fingerprint density at radius 3 is 2.21 bits per heavy atom. The van der Waals surface area contributed by atoms with Crippen molar-refractivity contribution in [2.24, 2.45) is 0 Å². The largest absolute Gasteiger partial charge is 0.458 e. The third kappa shape index (κ3) is 6.48. The molecule has 9 nitrogen and oxygen atoms in total. The van der Waals surface area contributed by atoms with Gasteiger partial charge in [-0.2, -0.15) is 0 Å². The molecule has 5 aromatic rings. The Hall–Kier alpha value is -5.03. The predicted molar refractivity (Wildman–Crippen MR) is 175 cm³/mol. The van der Waals surface area contributed by atoms with Gasteiger partial charge in [0, 0.05) is 23.9 Å². The van der Waals surface area contributed by atoms with E-state index in [0.29, 0.717) is 0 Å². The van der Waals surface area contributed by atoms with Gasteiger partial charge in [-0.05, 0) is 73.7 Å². The molecule has 6 rings (SSSR count). The van der Waals surface area contributed by atoms with Gasteiger partial charge in [-0.15, -0.1) is 0 Å². The summed E-state index contributed by atoms with van der Waals surface area (Å²) < 4.78 is 54.1. The molecule has 1 atom stereocenters. The van der Waals surface area contributed by atoms with E-state index in [2.05, 4.69) is 10.3 Å². The number of aromatic nitrogens is 2. The average Bonchev–Trinajstić information content (AvgIpc) is 3.54. The smallest absolute Gasteiger partial charge is 0.407 e. The SMILES string of the molecule is Cc1ccc(S(=O)(=O)n2cc(C[C@H](NC(=O)OCC3c4ccccc4-c4ccccc43)C(=O)OC(C)(C)C)c3cc(F)cnc32)cc1. The van der Waals surface area contributed by atoms with Crippen molar-refractivity contribution in [1.82, 2.24) is 14.3 Å². The molecule has 3 aromatic carbocycles. The quantitative estimate of drug-likeness (QED) is 0.190. The Labute approximate surface area is 272 Å². The lowest BCUT2D eigenvalue weighted by Crippen LogP contribution is -2.46. The molecule has 1 N–H and O–H groups in total. The van der Waals surface area contributed by atoms with E-state index < -0.39 is 39.5 Å². The number of ether oxygens (including phenoxy) is 2. The number of benzene rings is 3. The van der Waals surface area contributed by atoms with Crippen molar-refractivity contribution in [3.63, 3.8) is 0 Å². The second-order valence-electron chi connectivity index (χ2n) is 12.6. The van der Waals surface area contributed by atoms with Gasteiger partial charge in [0.05, 0.1) is 11.1 Å². The first-order chi connectivity index (χ1) is 22.3. The van der Waals surface area contributed by atoms with E-state index in [9.17, 15) is 22.4 Å². The molecule has 0 aliphatic heterocycles. The lowest BCUT2D eigenvalue weighted by Gasteiger charge is -2.24. The number of hydrogen-bond acceptors (Lipinski definition) is 7. The average molecular weight is 656 g/mol. The van der Waals surface area contributed by atoms with E-state index in [1.165, 1.54) is 18.3 Å². The van der Waals surface area contributed by atoms with E-state index in [0.717, 1.165) is 44.1 Å². The number of nitrogens with zero attached hydrogens (tertiary/aromatic N) is 2. The van der Waals surface area contributed by atoms with Crippen LogP contribution in [0.3, 0.4) is 0 Å². The van der Waals surface area contributed by atoms with Crippen LogP contribution in [0.2, 0.25) is 0 Å². The lowest BCUT2D eigenvalue weighted by molar-refractivity contribution is -0.157. The molecule has 1 aliphatic carbocycles. The van der Waals surface area contributed by atoms with Crippen molar-refractivity contribution in [1.29, 1.82) is 0 Å². The van der Waals surface area contributed by atoms with Crippen molar-refractivity contribution < 1.29 is 31.9 Å². The molecule has 0 radical (unpaired) electrons. The van der Waals surface area contributed by atoms with Gasteiger partial charge in [0.25, 0.3) is 10.0 Å². The molecule has 2 heterocycles. The van der Waals surface area contributed by atoms with Crippen LogP contribution in [-0.2, 0) is 30.7 Å². The highest BCUT2D eigenvalue weighted by Crippen LogP contribution is 2.44. The third-order valence-electron chi connectivity index (χ3n) is 7.99. The molecular formula is C36H34FN3O6S. The van der Waals surface area contributed by atoms with E-state index in [-0.39, 0.29) is 40.4 Å².